The van der Waals surface area contributed by atoms with Crippen molar-refractivity contribution in [3.05, 3.63) is 36.7 Å². The molecule has 0 aliphatic heterocycles. The second kappa shape index (κ2) is 6.02. The maximum absolute atomic E-state index is 4.63. The highest BCUT2D eigenvalue weighted by atomic mass is 15.4. The van der Waals surface area contributed by atoms with Crippen molar-refractivity contribution in [1.29, 1.82) is 0 Å². The van der Waals surface area contributed by atoms with E-state index in [0.717, 1.165) is 40.5 Å². The maximum Gasteiger partial charge on any atom is 0.241 e. The van der Waals surface area contributed by atoms with Crippen LogP contribution in [-0.4, -0.2) is 60.7 Å². The molecule has 0 saturated heterocycles. The molecule has 4 aromatic rings. The van der Waals surface area contributed by atoms with Crippen LogP contribution < -0.4 is 5.32 Å². The Morgan fingerprint density at radius 2 is 2.00 bits per heavy atom. The summed E-state index contributed by atoms with van der Waals surface area (Å²) in [5.41, 5.74) is 5.08. The van der Waals surface area contributed by atoms with Crippen LogP contribution in [0, 0.1) is 0 Å². The van der Waals surface area contributed by atoms with Gasteiger partial charge in [0.2, 0.25) is 5.95 Å². The second-order valence-corrected chi connectivity index (χ2v) is 7.49. The van der Waals surface area contributed by atoms with Gasteiger partial charge in [0, 0.05) is 30.9 Å². The predicted octanol–water partition coefficient (Wildman–Crippen LogP) is 2.18. The second-order valence-electron chi connectivity index (χ2n) is 7.49. The van der Waals surface area contributed by atoms with Gasteiger partial charge in [0.15, 0.2) is 0 Å². The van der Waals surface area contributed by atoms with Crippen molar-refractivity contribution in [3.63, 3.8) is 0 Å². The summed E-state index contributed by atoms with van der Waals surface area (Å²) >= 11 is 0. The lowest BCUT2D eigenvalue weighted by Crippen LogP contribution is -2.47. The molecule has 1 fully saturated rings. The minimum Gasteiger partial charge on any atom is -0.350 e. The summed E-state index contributed by atoms with van der Waals surface area (Å²) in [6.07, 6.45) is 6.12. The lowest BCUT2D eigenvalue weighted by Gasteiger charge is -2.39. The highest BCUT2D eigenvalue weighted by Crippen LogP contribution is 2.29. The van der Waals surface area contributed by atoms with E-state index in [9.17, 15) is 0 Å². The van der Waals surface area contributed by atoms with E-state index in [1.165, 1.54) is 0 Å². The van der Waals surface area contributed by atoms with E-state index in [2.05, 4.69) is 62.9 Å². The fourth-order valence-corrected chi connectivity index (χ4v) is 3.72. The molecule has 3 aromatic heterocycles. The molecule has 0 atom stereocenters. The van der Waals surface area contributed by atoms with Crippen LogP contribution in [0.4, 0.5) is 5.95 Å². The fraction of sp³-hybridized carbons (Fsp3) is 0.368. The first-order chi connectivity index (χ1) is 13.1. The van der Waals surface area contributed by atoms with E-state index in [0.29, 0.717) is 18.0 Å². The Morgan fingerprint density at radius 1 is 1.15 bits per heavy atom. The molecular formula is C19H22N8. The third-order valence-corrected chi connectivity index (χ3v) is 5.52. The quantitative estimate of drug-likeness (QED) is 0.600. The van der Waals surface area contributed by atoms with Gasteiger partial charge in [-0.05, 0) is 50.7 Å². The SMILES string of the molecule is CN(C)C1CC(Nc2ncc3c(-c4ccc5nnn(C)c5c4)ccn3n2)C1. The van der Waals surface area contributed by atoms with Gasteiger partial charge in [0.05, 0.1) is 17.2 Å². The molecule has 0 amide bonds. The van der Waals surface area contributed by atoms with Gasteiger partial charge < -0.3 is 10.2 Å². The number of rotatable bonds is 4. The van der Waals surface area contributed by atoms with Gasteiger partial charge in [0.25, 0.3) is 0 Å². The summed E-state index contributed by atoms with van der Waals surface area (Å²) in [4.78, 5) is 6.81. The molecule has 5 rings (SSSR count). The summed E-state index contributed by atoms with van der Waals surface area (Å²) in [5, 5.41) is 16.3. The number of hydrogen-bond acceptors (Lipinski definition) is 6. The minimum absolute atomic E-state index is 0.449. The maximum atomic E-state index is 4.63. The number of nitrogens with zero attached hydrogens (tertiary/aromatic N) is 7. The van der Waals surface area contributed by atoms with Crippen LogP contribution in [0.3, 0.4) is 0 Å². The van der Waals surface area contributed by atoms with Gasteiger partial charge in [-0.2, -0.15) is 0 Å². The normalized spacial score (nSPS) is 19.7. The van der Waals surface area contributed by atoms with Crippen molar-refractivity contribution in [2.24, 2.45) is 7.05 Å². The third kappa shape index (κ3) is 2.73. The Balaban J connectivity index is 1.42. The number of aromatic nitrogens is 6. The molecule has 8 heteroatoms. The molecule has 27 heavy (non-hydrogen) atoms. The third-order valence-electron chi connectivity index (χ3n) is 5.52. The van der Waals surface area contributed by atoms with Gasteiger partial charge >= 0.3 is 0 Å². The number of fused-ring (bicyclic) bond motifs is 2. The van der Waals surface area contributed by atoms with Crippen molar-refractivity contribution in [1.82, 2.24) is 34.5 Å². The topological polar surface area (TPSA) is 76.2 Å². The predicted molar refractivity (Wildman–Crippen MR) is 105 cm³/mol. The van der Waals surface area contributed by atoms with E-state index in [1.807, 2.05) is 30.0 Å². The van der Waals surface area contributed by atoms with Crippen molar-refractivity contribution in [2.45, 2.75) is 24.9 Å². The zero-order valence-corrected chi connectivity index (χ0v) is 15.7. The number of aryl methyl sites for hydroxylation is 1. The smallest absolute Gasteiger partial charge is 0.241 e. The highest BCUT2D eigenvalue weighted by molar-refractivity contribution is 5.87. The zero-order valence-electron chi connectivity index (χ0n) is 15.7. The average molecular weight is 362 g/mol. The molecule has 0 unspecified atom stereocenters. The molecule has 0 spiro atoms. The Kier molecular flexibility index (Phi) is 3.61. The zero-order chi connectivity index (χ0) is 18.5. The molecule has 1 aliphatic rings. The summed E-state index contributed by atoms with van der Waals surface area (Å²) in [6.45, 7) is 0. The summed E-state index contributed by atoms with van der Waals surface area (Å²) in [5.74, 6) is 0.679. The van der Waals surface area contributed by atoms with E-state index >= 15 is 0 Å². The fourth-order valence-electron chi connectivity index (χ4n) is 3.72. The van der Waals surface area contributed by atoms with Gasteiger partial charge in [-0.15, -0.1) is 10.2 Å². The first kappa shape index (κ1) is 16.2. The van der Waals surface area contributed by atoms with Gasteiger partial charge in [-0.25, -0.2) is 14.2 Å². The Morgan fingerprint density at radius 3 is 2.81 bits per heavy atom. The Labute approximate surface area is 156 Å². The van der Waals surface area contributed by atoms with Crippen LogP contribution in [0.25, 0.3) is 27.7 Å². The van der Waals surface area contributed by atoms with Crippen LogP contribution in [0.2, 0.25) is 0 Å². The first-order valence-electron chi connectivity index (χ1n) is 9.15. The van der Waals surface area contributed by atoms with E-state index < -0.39 is 0 Å². The molecule has 1 aromatic carbocycles. The molecule has 8 nitrogen and oxygen atoms in total. The molecule has 3 heterocycles. The Bertz CT molecular complexity index is 1120. The molecule has 138 valence electrons. The summed E-state index contributed by atoms with van der Waals surface area (Å²) in [7, 11) is 6.16. The molecule has 1 N–H and O–H groups in total. The van der Waals surface area contributed by atoms with E-state index in [4.69, 9.17) is 0 Å². The van der Waals surface area contributed by atoms with Crippen LogP contribution in [0.5, 0.6) is 0 Å². The monoisotopic (exact) mass is 362 g/mol. The van der Waals surface area contributed by atoms with Crippen molar-refractivity contribution >= 4 is 22.5 Å². The van der Waals surface area contributed by atoms with Crippen LogP contribution in [0.1, 0.15) is 12.8 Å². The Hall–Kier alpha value is -3.00. The number of anilines is 1. The van der Waals surface area contributed by atoms with Crippen LogP contribution in [0.15, 0.2) is 36.7 Å². The summed E-state index contributed by atoms with van der Waals surface area (Å²) in [6, 6.07) is 9.34. The average Bonchev–Trinajstić information content (AvgIpc) is 3.20. The molecule has 0 bridgehead atoms. The minimum atomic E-state index is 0.449. The van der Waals surface area contributed by atoms with Gasteiger partial charge in [-0.1, -0.05) is 11.3 Å². The standard InChI is InChI=1S/C19H22N8/c1-25(2)14-9-13(10-14)21-19-20-11-18-15(6-7-27(18)23-19)12-4-5-16-17(8-12)26(3)24-22-16/h4-8,11,13-14H,9-10H2,1-3H3,(H,21,23). The number of hydrogen-bond donors (Lipinski definition) is 1. The summed E-state index contributed by atoms with van der Waals surface area (Å²) < 4.78 is 3.67. The van der Waals surface area contributed by atoms with Crippen molar-refractivity contribution in [2.75, 3.05) is 19.4 Å². The number of benzene rings is 1. The van der Waals surface area contributed by atoms with Crippen LogP contribution in [-0.2, 0) is 7.05 Å². The highest BCUT2D eigenvalue weighted by Gasteiger charge is 2.30. The largest absolute Gasteiger partial charge is 0.350 e. The van der Waals surface area contributed by atoms with Crippen molar-refractivity contribution in [3.8, 4) is 11.1 Å². The lowest BCUT2D eigenvalue weighted by molar-refractivity contribution is 0.177. The molecule has 0 radical (unpaired) electrons. The van der Waals surface area contributed by atoms with Gasteiger partial charge in [-0.3, -0.25) is 0 Å². The number of nitrogens with one attached hydrogen (secondary N) is 1. The van der Waals surface area contributed by atoms with E-state index in [1.54, 1.807) is 4.68 Å². The molecule has 1 aliphatic carbocycles. The van der Waals surface area contributed by atoms with E-state index in [-0.39, 0.29) is 0 Å². The molecular weight excluding hydrogens is 340 g/mol. The van der Waals surface area contributed by atoms with Crippen molar-refractivity contribution < 1.29 is 0 Å². The molecule has 1 saturated carbocycles. The first-order valence-corrected chi connectivity index (χ1v) is 9.15. The van der Waals surface area contributed by atoms with Crippen LogP contribution >= 0.6 is 0 Å². The lowest BCUT2D eigenvalue weighted by atomic mass is 9.86. The van der Waals surface area contributed by atoms with Gasteiger partial charge in [0.1, 0.15) is 5.52 Å².